The Kier molecular flexibility index (Phi) is 3.11. The Bertz CT molecular complexity index is 294. The Morgan fingerprint density at radius 3 is 2.11 bits per heavy atom. The Morgan fingerprint density at radius 1 is 0.889 bits per heavy atom. The van der Waals surface area contributed by atoms with Crippen LogP contribution >= 0.6 is 0 Å². The molecule has 3 fully saturated rings. The summed E-state index contributed by atoms with van der Waals surface area (Å²) in [7, 11) is 0. The van der Waals surface area contributed by atoms with Gasteiger partial charge in [-0.2, -0.15) is 0 Å². The molecule has 2 saturated heterocycles. The summed E-state index contributed by atoms with van der Waals surface area (Å²) in [6.45, 7) is 3.14. The zero-order valence-electron chi connectivity index (χ0n) is 10.6. The summed E-state index contributed by atoms with van der Waals surface area (Å²) < 4.78 is 37.8. The molecule has 0 atom stereocenters. The van der Waals surface area contributed by atoms with Crippen LogP contribution in [0, 0.1) is 5.41 Å². The summed E-state index contributed by atoms with van der Waals surface area (Å²) >= 11 is 0. The van der Waals surface area contributed by atoms with E-state index in [1.807, 2.05) is 0 Å². The average Bonchev–Trinajstić information content (AvgIpc) is 2.38. The monoisotopic (exact) mass is 261 g/mol. The SMILES string of the molecule is FC1(F)CCC2(CC1)NCC1(CCOCC1)CO2. The number of rotatable bonds is 0. The van der Waals surface area contributed by atoms with Crippen LogP contribution in [0.5, 0.6) is 0 Å². The second kappa shape index (κ2) is 4.39. The van der Waals surface area contributed by atoms with Crippen molar-refractivity contribution in [3.8, 4) is 0 Å². The van der Waals surface area contributed by atoms with Crippen molar-refractivity contribution in [3.05, 3.63) is 0 Å². The summed E-state index contributed by atoms with van der Waals surface area (Å²) in [6, 6.07) is 0. The molecule has 0 radical (unpaired) electrons. The summed E-state index contributed by atoms with van der Waals surface area (Å²) in [6.07, 6.45) is 2.74. The van der Waals surface area contributed by atoms with Crippen LogP contribution in [0.4, 0.5) is 8.78 Å². The molecule has 104 valence electrons. The average molecular weight is 261 g/mol. The van der Waals surface area contributed by atoms with Gasteiger partial charge in [0, 0.05) is 38.0 Å². The molecule has 3 nitrogen and oxygen atoms in total. The van der Waals surface area contributed by atoms with Crippen molar-refractivity contribution in [3.63, 3.8) is 0 Å². The molecule has 0 bridgehead atoms. The zero-order chi connectivity index (χ0) is 12.7. The Morgan fingerprint density at radius 2 is 1.56 bits per heavy atom. The molecule has 3 rings (SSSR count). The van der Waals surface area contributed by atoms with Crippen molar-refractivity contribution >= 4 is 0 Å². The molecular weight excluding hydrogens is 240 g/mol. The van der Waals surface area contributed by atoms with Gasteiger partial charge in [0.15, 0.2) is 0 Å². The highest BCUT2D eigenvalue weighted by atomic mass is 19.3. The first-order chi connectivity index (χ1) is 8.54. The minimum atomic E-state index is -2.50. The van der Waals surface area contributed by atoms with Gasteiger partial charge in [0.25, 0.3) is 0 Å². The van der Waals surface area contributed by atoms with Gasteiger partial charge in [-0.1, -0.05) is 0 Å². The van der Waals surface area contributed by atoms with Gasteiger partial charge >= 0.3 is 0 Å². The van der Waals surface area contributed by atoms with Crippen molar-refractivity contribution in [1.29, 1.82) is 0 Å². The molecule has 2 spiro atoms. The van der Waals surface area contributed by atoms with Crippen molar-refractivity contribution in [2.24, 2.45) is 5.41 Å². The molecule has 18 heavy (non-hydrogen) atoms. The Hall–Kier alpha value is -0.260. The van der Waals surface area contributed by atoms with E-state index in [2.05, 4.69) is 5.32 Å². The number of ether oxygens (including phenoxy) is 2. The highest BCUT2D eigenvalue weighted by Crippen LogP contribution is 2.43. The molecule has 2 aliphatic heterocycles. The highest BCUT2D eigenvalue weighted by Gasteiger charge is 2.49. The van der Waals surface area contributed by atoms with Gasteiger partial charge < -0.3 is 9.47 Å². The van der Waals surface area contributed by atoms with Crippen molar-refractivity contribution < 1.29 is 18.3 Å². The lowest BCUT2D eigenvalue weighted by atomic mass is 9.77. The summed E-state index contributed by atoms with van der Waals surface area (Å²) in [5.41, 5.74) is -0.311. The van der Waals surface area contributed by atoms with E-state index in [0.29, 0.717) is 19.4 Å². The smallest absolute Gasteiger partial charge is 0.248 e. The summed E-state index contributed by atoms with van der Waals surface area (Å²) in [5, 5.41) is 3.42. The van der Waals surface area contributed by atoms with Crippen LogP contribution < -0.4 is 5.32 Å². The fourth-order valence-corrected chi connectivity index (χ4v) is 3.21. The highest BCUT2D eigenvalue weighted by molar-refractivity contribution is 4.96. The van der Waals surface area contributed by atoms with Crippen molar-refractivity contribution in [2.75, 3.05) is 26.4 Å². The second-order valence-corrected chi connectivity index (χ2v) is 6.10. The maximum Gasteiger partial charge on any atom is 0.248 e. The van der Waals surface area contributed by atoms with Gasteiger partial charge in [0.1, 0.15) is 5.72 Å². The third-order valence-electron chi connectivity index (χ3n) is 4.78. The number of alkyl halides is 2. The molecule has 0 amide bonds. The van der Waals surface area contributed by atoms with E-state index in [-0.39, 0.29) is 18.3 Å². The number of hydrogen-bond acceptors (Lipinski definition) is 3. The standard InChI is InChI=1S/C13H21F2NO2/c14-12(15)1-3-13(4-2-12)16-9-11(10-18-13)5-7-17-8-6-11/h16H,1-10H2. The third-order valence-corrected chi connectivity index (χ3v) is 4.78. The van der Waals surface area contributed by atoms with Crippen LogP contribution in [-0.4, -0.2) is 38.0 Å². The first kappa shape index (κ1) is 12.8. The quantitative estimate of drug-likeness (QED) is 0.726. The van der Waals surface area contributed by atoms with Crippen LogP contribution in [0.15, 0.2) is 0 Å². The molecule has 0 aromatic carbocycles. The molecule has 1 N–H and O–H groups in total. The van der Waals surface area contributed by atoms with E-state index in [1.165, 1.54) is 0 Å². The number of nitrogens with one attached hydrogen (secondary N) is 1. The predicted molar refractivity (Wildman–Crippen MR) is 62.6 cm³/mol. The van der Waals surface area contributed by atoms with Gasteiger partial charge in [0.2, 0.25) is 5.92 Å². The molecule has 2 heterocycles. The normalized spacial score (nSPS) is 33.7. The van der Waals surface area contributed by atoms with E-state index in [0.717, 1.165) is 32.6 Å². The lowest BCUT2D eigenvalue weighted by molar-refractivity contribution is -0.201. The zero-order valence-corrected chi connectivity index (χ0v) is 10.6. The van der Waals surface area contributed by atoms with Gasteiger partial charge in [0.05, 0.1) is 6.61 Å². The minimum Gasteiger partial charge on any atom is -0.381 e. The van der Waals surface area contributed by atoms with Gasteiger partial charge in [-0.05, 0) is 25.7 Å². The first-order valence-electron chi connectivity index (χ1n) is 6.88. The number of halogens is 2. The molecule has 1 aliphatic carbocycles. The largest absolute Gasteiger partial charge is 0.381 e. The number of hydrogen-bond donors (Lipinski definition) is 1. The summed E-state index contributed by atoms with van der Waals surface area (Å²) in [5.74, 6) is -2.50. The molecule has 0 aromatic rings. The van der Waals surface area contributed by atoms with E-state index in [4.69, 9.17) is 9.47 Å². The lowest BCUT2D eigenvalue weighted by Crippen LogP contribution is -2.61. The van der Waals surface area contributed by atoms with Crippen LogP contribution in [0.3, 0.4) is 0 Å². The van der Waals surface area contributed by atoms with E-state index >= 15 is 0 Å². The topological polar surface area (TPSA) is 30.5 Å². The fraction of sp³-hybridized carbons (Fsp3) is 1.00. The van der Waals surface area contributed by atoms with Crippen LogP contribution in [0.1, 0.15) is 38.5 Å². The van der Waals surface area contributed by atoms with Crippen LogP contribution in [-0.2, 0) is 9.47 Å². The second-order valence-electron chi connectivity index (χ2n) is 6.10. The Labute approximate surface area is 106 Å². The third kappa shape index (κ3) is 2.40. The van der Waals surface area contributed by atoms with Gasteiger partial charge in [-0.3, -0.25) is 5.32 Å². The van der Waals surface area contributed by atoms with E-state index in [9.17, 15) is 8.78 Å². The maximum absolute atomic E-state index is 13.2. The summed E-state index contributed by atoms with van der Waals surface area (Å²) in [4.78, 5) is 0. The van der Waals surface area contributed by atoms with Crippen molar-refractivity contribution in [1.82, 2.24) is 5.32 Å². The van der Waals surface area contributed by atoms with Crippen molar-refractivity contribution in [2.45, 2.75) is 50.2 Å². The van der Waals surface area contributed by atoms with E-state index in [1.54, 1.807) is 0 Å². The molecule has 0 unspecified atom stereocenters. The van der Waals surface area contributed by atoms with Gasteiger partial charge in [-0.15, -0.1) is 0 Å². The maximum atomic E-state index is 13.2. The molecule has 5 heteroatoms. The molecule has 3 aliphatic rings. The molecule has 0 aromatic heterocycles. The van der Waals surface area contributed by atoms with Crippen LogP contribution in [0.25, 0.3) is 0 Å². The lowest BCUT2D eigenvalue weighted by Gasteiger charge is -2.50. The predicted octanol–water partition coefficient (Wildman–Crippen LogP) is 2.31. The molecule has 1 saturated carbocycles. The van der Waals surface area contributed by atoms with Gasteiger partial charge in [-0.25, -0.2) is 8.78 Å². The van der Waals surface area contributed by atoms with E-state index < -0.39 is 11.6 Å². The first-order valence-corrected chi connectivity index (χ1v) is 6.88. The minimum absolute atomic E-state index is 0.0594. The Balaban J connectivity index is 1.59. The van der Waals surface area contributed by atoms with Crippen LogP contribution in [0.2, 0.25) is 0 Å². The molecular formula is C13H21F2NO2. The fourth-order valence-electron chi connectivity index (χ4n) is 3.21.